The van der Waals surface area contributed by atoms with Crippen LogP contribution in [0.1, 0.15) is 65.7 Å². The van der Waals surface area contributed by atoms with E-state index in [1.165, 1.54) is 30.9 Å². The molecule has 0 spiro atoms. The molecule has 2 fully saturated rings. The van der Waals surface area contributed by atoms with Crippen molar-refractivity contribution < 1.29 is 14.4 Å². The van der Waals surface area contributed by atoms with E-state index in [1.807, 2.05) is 0 Å². The van der Waals surface area contributed by atoms with Gasteiger partial charge in [0.25, 0.3) is 11.8 Å². The Hall–Kier alpha value is -2.38. The van der Waals surface area contributed by atoms with Crippen molar-refractivity contribution in [3.8, 4) is 0 Å². The van der Waals surface area contributed by atoms with E-state index in [9.17, 15) is 14.4 Å². The van der Waals surface area contributed by atoms with E-state index in [0.717, 1.165) is 32.1 Å². The Bertz CT molecular complexity index is 723. The van der Waals surface area contributed by atoms with Crippen molar-refractivity contribution in [2.45, 2.75) is 77.3 Å². The van der Waals surface area contributed by atoms with Crippen LogP contribution in [-0.2, 0) is 14.4 Å². The van der Waals surface area contributed by atoms with Gasteiger partial charge in [-0.1, -0.05) is 39.5 Å². The van der Waals surface area contributed by atoms with Gasteiger partial charge in [0.1, 0.15) is 16.9 Å². The van der Waals surface area contributed by atoms with Crippen LogP contribution in [0.3, 0.4) is 0 Å². The molecule has 1 saturated heterocycles. The smallest absolute Gasteiger partial charge is 0.270 e. The lowest BCUT2D eigenvalue weighted by Gasteiger charge is -2.43. The number of carbonyl (C=O) groups is 3. The Morgan fingerprint density at radius 2 is 1.90 bits per heavy atom. The Morgan fingerprint density at radius 3 is 2.48 bits per heavy atom. The zero-order valence-electron chi connectivity index (χ0n) is 19.7. The van der Waals surface area contributed by atoms with Crippen LogP contribution in [0.2, 0.25) is 0 Å². The highest BCUT2D eigenvalue weighted by molar-refractivity contribution is 6.44. The first-order valence-electron chi connectivity index (χ1n) is 11.5. The maximum absolute atomic E-state index is 13.1. The van der Waals surface area contributed by atoms with Crippen molar-refractivity contribution in [1.29, 1.82) is 0 Å². The molecule has 1 unspecified atom stereocenters. The lowest BCUT2D eigenvalue weighted by atomic mass is 9.94. The Labute approximate surface area is 186 Å². The zero-order valence-corrected chi connectivity index (χ0v) is 19.7. The number of carbonyl (C=O) groups excluding carboxylic acids is 3. The van der Waals surface area contributed by atoms with Gasteiger partial charge in [-0.05, 0) is 38.2 Å². The summed E-state index contributed by atoms with van der Waals surface area (Å²) in [6.45, 7) is 6.78. The molecule has 0 radical (unpaired) electrons. The van der Waals surface area contributed by atoms with Crippen molar-refractivity contribution in [3.63, 3.8) is 0 Å². The van der Waals surface area contributed by atoms with Crippen LogP contribution in [0.15, 0.2) is 16.8 Å². The number of hydrogen-bond donors (Lipinski definition) is 3. The summed E-state index contributed by atoms with van der Waals surface area (Å²) in [5, 5.41) is 9.05. The molecule has 1 atom stereocenters. The largest absolute Gasteiger partial charge is 0.378 e. The molecule has 1 heterocycles. The highest BCUT2D eigenvalue weighted by Gasteiger charge is 2.45. The molecule has 8 nitrogen and oxygen atoms in total. The quantitative estimate of drug-likeness (QED) is 0.323. The SMILES string of the molecule is C/N=C(\C=C1/NCC(C)(C(=O)NC2CCCCCC2)N(C)C1=O)C(=O)NCCC(C)C. The van der Waals surface area contributed by atoms with E-state index < -0.39 is 5.54 Å². The van der Waals surface area contributed by atoms with Crippen LogP contribution < -0.4 is 16.0 Å². The summed E-state index contributed by atoms with van der Waals surface area (Å²) in [5.41, 5.74) is -0.551. The van der Waals surface area contributed by atoms with Gasteiger partial charge >= 0.3 is 0 Å². The molecule has 0 bridgehead atoms. The highest BCUT2D eigenvalue weighted by Crippen LogP contribution is 2.23. The topological polar surface area (TPSA) is 103 Å². The highest BCUT2D eigenvalue weighted by atomic mass is 16.2. The minimum Gasteiger partial charge on any atom is -0.378 e. The first kappa shape index (κ1) is 24.9. The molecule has 3 amide bonds. The van der Waals surface area contributed by atoms with Gasteiger partial charge < -0.3 is 20.9 Å². The van der Waals surface area contributed by atoms with E-state index >= 15 is 0 Å². The van der Waals surface area contributed by atoms with E-state index in [-0.39, 0.29) is 41.7 Å². The molecule has 1 aliphatic carbocycles. The average molecular weight is 434 g/mol. The fourth-order valence-electron chi connectivity index (χ4n) is 3.91. The molecule has 1 saturated carbocycles. The summed E-state index contributed by atoms with van der Waals surface area (Å²) in [4.78, 5) is 44.0. The van der Waals surface area contributed by atoms with Gasteiger partial charge in [0.05, 0.1) is 0 Å². The van der Waals surface area contributed by atoms with Crippen LogP contribution >= 0.6 is 0 Å². The molecule has 0 aromatic rings. The standard InChI is InChI=1S/C23H39N5O3/c1-16(2)12-13-25-20(29)18(24-4)14-19-21(30)28(5)23(3,15-26-19)22(31)27-17-10-8-6-7-9-11-17/h14,16-17,26H,6-13,15H2,1-5H3,(H,25,29)(H,27,31)/b19-14-,24-18+. The summed E-state index contributed by atoms with van der Waals surface area (Å²) in [5.74, 6) is -0.302. The lowest BCUT2D eigenvalue weighted by Crippen LogP contribution is -2.67. The molecule has 0 aromatic carbocycles. The number of rotatable bonds is 7. The predicted octanol–water partition coefficient (Wildman–Crippen LogP) is 1.76. The number of hydrogen-bond acceptors (Lipinski definition) is 5. The van der Waals surface area contributed by atoms with Crippen molar-refractivity contribution in [3.05, 3.63) is 11.8 Å². The van der Waals surface area contributed by atoms with Gasteiger partial charge in [-0.3, -0.25) is 19.4 Å². The fourth-order valence-corrected chi connectivity index (χ4v) is 3.91. The maximum atomic E-state index is 13.1. The molecule has 8 heteroatoms. The normalized spacial score (nSPS) is 24.7. The summed E-state index contributed by atoms with van der Waals surface area (Å²) >= 11 is 0. The first-order valence-corrected chi connectivity index (χ1v) is 11.5. The number of likely N-dealkylation sites (N-methyl/N-ethyl adjacent to an activating group) is 1. The summed E-state index contributed by atoms with van der Waals surface area (Å²) < 4.78 is 0. The number of piperazine rings is 1. The van der Waals surface area contributed by atoms with Crippen molar-refractivity contribution >= 4 is 23.4 Å². The van der Waals surface area contributed by atoms with Crippen LogP contribution in [0, 0.1) is 5.92 Å². The van der Waals surface area contributed by atoms with E-state index in [4.69, 9.17) is 0 Å². The monoisotopic (exact) mass is 433 g/mol. The average Bonchev–Trinajstić information content (AvgIpc) is 3.00. The molecule has 2 aliphatic rings. The molecule has 0 aromatic heterocycles. The Kier molecular flexibility index (Phi) is 9.07. The Balaban J connectivity index is 2.04. The second kappa shape index (κ2) is 11.3. The zero-order chi connectivity index (χ0) is 23.0. The van der Waals surface area contributed by atoms with Crippen LogP contribution in [0.5, 0.6) is 0 Å². The molecule has 3 N–H and O–H groups in total. The minimum atomic E-state index is -0.996. The second-order valence-corrected chi connectivity index (χ2v) is 9.26. The number of amides is 3. The third-order valence-electron chi connectivity index (χ3n) is 6.34. The number of nitrogens with one attached hydrogen (secondary N) is 3. The molecule has 1 aliphatic heterocycles. The van der Waals surface area contributed by atoms with Gasteiger partial charge in [-0.2, -0.15) is 0 Å². The summed E-state index contributed by atoms with van der Waals surface area (Å²) in [6, 6.07) is 0.167. The van der Waals surface area contributed by atoms with Gasteiger partial charge in [-0.15, -0.1) is 0 Å². The summed E-state index contributed by atoms with van der Waals surface area (Å²) in [6.07, 6.45) is 8.98. The molecular formula is C23H39N5O3. The van der Waals surface area contributed by atoms with E-state index in [0.29, 0.717) is 12.5 Å². The third-order valence-corrected chi connectivity index (χ3v) is 6.34. The van der Waals surface area contributed by atoms with Gasteiger partial charge in [0.15, 0.2) is 0 Å². The van der Waals surface area contributed by atoms with Crippen LogP contribution in [-0.4, -0.2) is 67.1 Å². The number of nitrogens with zero attached hydrogens (tertiary/aromatic N) is 2. The minimum absolute atomic E-state index is 0.141. The van der Waals surface area contributed by atoms with E-state index in [1.54, 1.807) is 14.0 Å². The Morgan fingerprint density at radius 1 is 1.26 bits per heavy atom. The third kappa shape index (κ3) is 6.55. The lowest BCUT2D eigenvalue weighted by molar-refractivity contribution is -0.145. The van der Waals surface area contributed by atoms with Gasteiger partial charge in [0, 0.05) is 33.2 Å². The fraction of sp³-hybridized carbons (Fsp3) is 0.739. The predicted molar refractivity (Wildman–Crippen MR) is 123 cm³/mol. The van der Waals surface area contributed by atoms with Crippen molar-refractivity contribution in [2.24, 2.45) is 10.9 Å². The molecule has 2 rings (SSSR count). The van der Waals surface area contributed by atoms with Crippen LogP contribution in [0.4, 0.5) is 0 Å². The first-order chi connectivity index (χ1) is 14.7. The van der Waals surface area contributed by atoms with Gasteiger partial charge in [-0.25, -0.2) is 0 Å². The molecule has 174 valence electrons. The second-order valence-electron chi connectivity index (χ2n) is 9.26. The van der Waals surface area contributed by atoms with Crippen molar-refractivity contribution in [2.75, 3.05) is 27.2 Å². The van der Waals surface area contributed by atoms with E-state index in [2.05, 4.69) is 34.8 Å². The molecular weight excluding hydrogens is 394 g/mol. The molecule has 31 heavy (non-hydrogen) atoms. The maximum Gasteiger partial charge on any atom is 0.270 e. The summed E-state index contributed by atoms with van der Waals surface area (Å²) in [7, 11) is 3.16. The van der Waals surface area contributed by atoms with Crippen molar-refractivity contribution in [1.82, 2.24) is 20.9 Å². The number of aliphatic imine (C=N–C) groups is 1. The van der Waals surface area contributed by atoms with Crippen LogP contribution in [0.25, 0.3) is 0 Å². The van der Waals surface area contributed by atoms with Gasteiger partial charge in [0.2, 0.25) is 5.91 Å².